The molecule has 1 aliphatic rings. The maximum absolute atomic E-state index is 13.2. The molecule has 0 spiro atoms. The summed E-state index contributed by atoms with van der Waals surface area (Å²) >= 11 is 1.22. The van der Waals surface area contributed by atoms with E-state index in [0.717, 1.165) is 0 Å². The first-order chi connectivity index (χ1) is 15.6. The highest BCUT2D eigenvalue weighted by atomic mass is 79.9. The Kier molecular flexibility index (Phi) is 8.08. The number of aliphatic imine (C=N–C) groups is 1. The van der Waals surface area contributed by atoms with Crippen LogP contribution in [0.1, 0.15) is 15.9 Å². The molecule has 0 unspecified atom stereocenters. The molecule has 0 aromatic heterocycles. The van der Waals surface area contributed by atoms with Crippen molar-refractivity contribution >= 4 is 40.4 Å². The van der Waals surface area contributed by atoms with Gasteiger partial charge < -0.3 is 26.8 Å². The van der Waals surface area contributed by atoms with Gasteiger partial charge in [-0.1, -0.05) is 66.4 Å². The number of phenols is 1. The van der Waals surface area contributed by atoms with Gasteiger partial charge in [0.2, 0.25) is 0 Å². The van der Waals surface area contributed by atoms with E-state index in [0.29, 0.717) is 27.7 Å². The minimum Gasteiger partial charge on any atom is -1.00 e. The van der Waals surface area contributed by atoms with Gasteiger partial charge in [0, 0.05) is 5.56 Å². The van der Waals surface area contributed by atoms with Gasteiger partial charge in [0.1, 0.15) is 5.70 Å². The number of phenolic OH excluding ortho intramolecular Hbond substituents is 1. The van der Waals surface area contributed by atoms with Crippen LogP contribution in [0.15, 0.2) is 89.6 Å². The highest BCUT2D eigenvalue weighted by molar-refractivity contribution is 8.14. The summed E-state index contributed by atoms with van der Waals surface area (Å²) in [6, 6.07) is 23.0. The van der Waals surface area contributed by atoms with Crippen LogP contribution in [0, 0.1) is 0 Å². The molecule has 3 aromatic carbocycles. The Labute approximate surface area is 206 Å². The zero-order valence-corrected chi connectivity index (χ0v) is 20.0. The van der Waals surface area contributed by atoms with Crippen LogP contribution in [0.2, 0.25) is 0 Å². The molecule has 0 radical (unpaired) electrons. The number of amidine groups is 1. The van der Waals surface area contributed by atoms with Crippen molar-refractivity contribution in [2.24, 2.45) is 4.99 Å². The van der Waals surface area contributed by atoms with Gasteiger partial charge in [0.15, 0.2) is 22.4 Å². The molecule has 1 heterocycles. The maximum atomic E-state index is 13.2. The van der Waals surface area contributed by atoms with Crippen LogP contribution in [0.5, 0.6) is 11.5 Å². The first kappa shape index (κ1) is 24.3. The van der Waals surface area contributed by atoms with E-state index in [4.69, 9.17) is 4.74 Å². The van der Waals surface area contributed by atoms with Gasteiger partial charge in [-0.05, 0) is 35.9 Å². The molecule has 8 heteroatoms. The Morgan fingerprint density at radius 3 is 2.39 bits per heavy atom. The van der Waals surface area contributed by atoms with Crippen molar-refractivity contribution in [1.29, 1.82) is 0 Å². The van der Waals surface area contributed by atoms with Crippen LogP contribution in [0.3, 0.4) is 0 Å². The number of methoxy groups -OCH3 is 1. The molecule has 0 aliphatic carbocycles. The first-order valence-corrected chi connectivity index (χ1v) is 10.8. The predicted molar refractivity (Wildman–Crippen MR) is 127 cm³/mol. The molecule has 0 saturated heterocycles. The van der Waals surface area contributed by atoms with Crippen molar-refractivity contribution < 1.29 is 36.4 Å². The average Bonchev–Trinajstić information content (AvgIpc) is 3.14. The maximum Gasteiger partial charge on any atom is 0.283 e. The van der Waals surface area contributed by atoms with Crippen LogP contribution in [-0.4, -0.2) is 34.8 Å². The molecule has 3 aromatic rings. The number of carbonyl (C=O) groups excluding carboxylic acids is 2. The van der Waals surface area contributed by atoms with Crippen LogP contribution >= 0.6 is 11.8 Å². The lowest BCUT2D eigenvalue weighted by molar-refractivity contribution is -0.113. The minimum absolute atomic E-state index is 0. The van der Waals surface area contributed by atoms with Gasteiger partial charge in [-0.25, -0.2) is 4.99 Å². The zero-order valence-electron chi connectivity index (χ0n) is 17.6. The lowest BCUT2D eigenvalue weighted by atomic mass is 10.1. The van der Waals surface area contributed by atoms with E-state index in [9.17, 15) is 14.7 Å². The topological polar surface area (TPSA) is 79.2 Å². The molecular formula is C25H20BrN2O4S-. The Bertz CT molecular complexity index is 1210. The van der Waals surface area contributed by atoms with Crippen LogP contribution in [0.4, 0.5) is 5.69 Å². The van der Waals surface area contributed by atoms with E-state index < -0.39 is 0 Å². The summed E-state index contributed by atoms with van der Waals surface area (Å²) < 4.78 is 5.14. The van der Waals surface area contributed by atoms with Crippen molar-refractivity contribution in [3.63, 3.8) is 0 Å². The SMILES string of the molecule is COc1cc(/C=C2/N=C(SCC(=O)c3ccccc3)N(c3ccccc3)C2=O)ccc1O.[Br-]. The molecule has 168 valence electrons. The quantitative estimate of drug-likeness (QED) is 0.393. The monoisotopic (exact) mass is 523 g/mol. The summed E-state index contributed by atoms with van der Waals surface area (Å²) in [6.07, 6.45) is 1.63. The fourth-order valence-electron chi connectivity index (χ4n) is 3.18. The Hall–Kier alpha value is -3.36. The number of para-hydroxylation sites is 1. The smallest absolute Gasteiger partial charge is 0.283 e. The molecular weight excluding hydrogens is 504 g/mol. The van der Waals surface area contributed by atoms with E-state index in [1.165, 1.54) is 29.8 Å². The van der Waals surface area contributed by atoms with Gasteiger partial charge in [-0.2, -0.15) is 0 Å². The fourth-order valence-corrected chi connectivity index (χ4v) is 4.08. The summed E-state index contributed by atoms with van der Waals surface area (Å²) in [6.45, 7) is 0. The lowest BCUT2D eigenvalue weighted by Gasteiger charge is -2.17. The average molecular weight is 524 g/mol. The summed E-state index contributed by atoms with van der Waals surface area (Å²) in [7, 11) is 1.46. The molecule has 33 heavy (non-hydrogen) atoms. The second-order valence-corrected chi connectivity index (χ2v) is 7.85. The van der Waals surface area contributed by atoms with Crippen LogP contribution in [0.25, 0.3) is 6.08 Å². The van der Waals surface area contributed by atoms with Crippen molar-refractivity contribution in [2.45, 2.75) is 0 Å². The highest BCUT2D eigenvalue weighted by Crippen LogP contribution is 2.31. The molecule has 4 rings (SSSR count). The molecule has 0 bridgehead atoms. The number of carbonyl (C=O) groups is 2. The van der Waals surface area contributed by atoms with Crippen molar-refractivity contribution in [1.82, 2.24) is 0 Å². The number of ketones is 1. The Balaban J connectivity index is 0.00000306. The molecule has 0 atom stereocenters. The molecule has 6 nitrogen and oxygen atoms in total. The van der Waals surface area contributed by atoms with Gasteiger partial charge in [-0.15, -0.1) is 0 Å². The number of thioether (sulfide) groups is 1. The number of ether oxygens (including phenoxy) is 1. The number of nitrogens with zero attached hydrogens (tertiary/aromatic N) is 2. The minimum atomic E-state index is -0.294. The number of halogens is 1. The number of rotatable bonds is 6. The third kappa shape index (κ3) is 5.53. The van der Waals surface area contributed by atoms with E-state index in [2.05, 4.69) is 4.99 Å². The number of amides is 1. The number of Topliss-reactive ketones (excluding diaryl/α,β-unsaturated/α-hetero) is 1. The van der Waals surface area contributed by atoms with Gasteiger partial charge in [-0.3, -0.25) is 14.5 Å². The Morgan fingerprint density at radius 1 is 1.06 bits per heavy atom. The normalized spacial score (nSPS) is 14.1. The third-order valence-corrected chi connectivity index (χ3v) is 5.72. The van der Waals surface area contributed by atoms with E-state index in [1.54, 1.807) is 30.3 Å². The highest BCUT2D eigenvalue weighted by Gasteiger charge is 2.32. The number of hydrogen-bond acceptors (Lipinski definition) is 6. The van der Waals surface area contributed by atoms with Crippen molar-refractivity contribution in [2.75, 3.05) is 17.8 Å². The number of anilines is 1. The largest absolute Gasteiger partial charge is 1.00 e. The molecule has 1 amide bonds. The summed E-state index contributed by atoms with van der Waals surface area (Å²) in [4.78, 5) is 31.8. The zero-order chi connectivity index (χ0) is 22.5. The summed E-state index contributed by atoms with van der Waals surface area (Å²) in [5, 5.41) is 10.2. The predicted octanol–water partition coefficient (Wildman–Crippen LogP) is 1.76. The lowest BCUT2D eigenvalue weighted by Crippen LogP contribution is -3.00. The second-order valence-electron chi connectivity index (χ2n) is 6.91. The molecule has 0 saturated carbocycles. The number of benzene rings is 3. The van der Waals surface area contributed by atoms with Gasteiger partial charge >= 0.3 is 0 Å². The first-order valence-electron chi connectivity index (χ1n) is 9.85. The summed E-state index contributed by atoms with van der Waals surface area (Å²) in [5.41, 5.74) is 2.17. The Morgan fingerprint density at radius 2 is 1.73 bits per heavy atom. The van der Waals surface area contributed by atoms with Gasteiger partial charge in [0.05, 0.1) is 18.6 Å². The van der Waals surface area contributed by atoms with Crippen LogP contribution < -0.4 is 26.6 Å². The van der Waals surface area contributed by atoms with E-state index in [-0.39, 0.29) is 45.9 Å². The third-order valence-electron chi connectivity index (χ3n) is 4.78. The summed E-state index contributed by atoms with van der Waals surface area (Å²) in [5.74, 6) is 0.131. The van der Waals surface area contributed by atoms with Crippen molar-refractivity contribution in [3.05, 3.63) is 95.7 Å². The van der Waals surface area contributed by atoms with Crippen molar-refractivity contribution in [3.8, 4) is 11.5 Å². The standard InChI is InChI=1S/C25H20N2O4S.BrH/c1-31-23-15-17(12-13-21(23)28)14-20-24(30)27(19-10-6-3-7-11-19)25(26-20)32-16-22(29)18-8-4-2-5-9-18;/h2-15,28H,16H2,1H3;1H/p-1/b20-14+;. The van der Waals surface area contributed by atoms with E-state index >= 15 is 0 Å². The van der Waals surface area contributed by atoms with E-state index in [1.807, 2.05) is 48.5 Å². The number of hydrogen-bond donors (Lipinski definition) is 1. The van der Waals surface area contributed by atoms with Gasteiger partial charge in [0.25, 0.3) is 5.91 Å². The second kappa shape index (κ2) is 11.0. The number of aromatic hydroxyl groups is 1. The molecule has 1 aliphatic heterocycles. The molecule has 1 N–H and O–H groups in total. The fraction of sp³-hybridized carbons (Fsp3) is 0.0800. The van der Waals surface area contributed by atoms with Crippen LogP contribution in [-0.2, 0) is 4.79 Å². The molecule has 0 fully saturated rings.